The monoisotopic (exact) mass is 575 g/mol. The highest BCUT2D eigenvalue weighted by Gasteiger charge is 2.26. The van der Waals surface area contributed by atoms with Crippen LogP contribution in [0.4, 0.5) is 0 Å². The number of hydrogen-bond donors (Lipinski definition) is 0. The summed E-state index contributed by atoms with van der Waals surface area (Å²) < 4.78 is 18.2. The van der Waals surface area contributed by atoms with Crippen LogP contribution < -0.4 is 9.47 Å². The number of ether oxygens (including phenoxy) is 3. The van der Waals surface area contributed by atoms with Gasteiger partial charge in [0.05, 0.1) is 28.8 Å². The van der Waals surface area contributed by atoms with Crippen molar-refractivity contribution in [3.05, 3.63) is 60.2 Å². The van der Waals surface area contributed by atoms with Crippen molar-refractivity contribution in [1.29, 1.82) is 0 Å². The van der Waals surface area contributed by atoms with Gasteiger partial charge in [0.25, 0.3) is 0 Å². The van der Waals surface area contributed by atoms with E-state index < -0.39 is 5.97 Å². The second-order valence-electron chi connectivity index (χ2n) is 5.84. The largest absolute Gasteiger partial charge is 0.493 e. The van der Waals surface area contributed by atoms with Gasteiger partial charge in [-0.15, -0.1) is 0 Å². The van der Waals surface area contributed by atoms with E-state index in [4.69, 9.17) is 25.8 Å². The zero-order valence-electron chi connectivity index (χ0n) is 15.1. The van der Waals surface area contributed by atoms with E-state index in [1.807, 2.05) is 25.1 Å². The average molecular weight is 577 g/mol. The highest BCUT2D eigenvalue weighted by atomic mass is 127. The van der Waals surface area contributed by atoms with Gasteiger partial charge in [0, 0.05) is 3.57 Å². The van der Waals surface area contributed by atoms with Crippen LogP contribution in [0.15, 0.2) is 45.5 Å². The van der Waals surface area contributed by atoms with Gasteiger partial charge in [0.15, 0.2) is 17.2 Å². The Balaban J connectivity index is 1.97. The molecule has 28 heavy (non-hydrogen) atoms. The quantitative estimate of drug-likeness (QED) is 0.246. The van der Waals surface area contributed by atoms with Gasteiger partial charge in [0.2, 0.25) is 5.90 Å². The molecule has 2 aromatic carbocycles. The zero-order valence-corrected chi connectivity index (χ0v) is 19.6. The normalized spacial score (nSPS) is 14.8. The molecule has 0 radical (unpaired) electrons. The Morgan fingerprint density at radius 3 is 2.82 bits per heavy atom. The molecule has 3 rings (SSSR count). The number of rotatable bonds is 6. The minimum absolute atomic E-state index is 0.182. The van der Waals surface area contributed by atoms with Gasteiger partial charge in [-0.3, -0.25) is 0 Å². The third-order valence-corrected chi connectivity index (χ3v) is 5.37. The number of cyclic esters (lactones) is 1. The first-order valence-electron chi connectivity index (χ1n) is 8.41. The SMILES string of the molecule is CCCOc1c(Br)cc(/C=C2\N=C(c3cc(I)ccc3Cl)OC2=O)cc1OC. The summed E-state index contributed by atoms with van der Waals surface area (Å²) >= 11 is 11.9. The van der Waals surface area contributed by atoms with Crippen LogP contribution in [0.25, 0.3) is 6.08 Å². The molecule has 0 bridgehead atoms. The average Bonchev–Trinajstić information content (AvgIpc) is 3.02. The van der Waals surface area contributed by atoms with Gasteiger partial charge in [-0.2, -0.15) is 0 Å². The second kappa shape index (κ2) is 9.28. The Hall–Kier alpha value is -1.58. The lowest BCUT2D eigenvalue weighted by Crippen LogP contribution is -2.06. The number of hydrogen-bond acceptors (Lipinski definition) is 5. The van der Waals surface area contributed by atoms with E-state index in [0.29, 0.717) is 28.7 Å². The summed E-state index contributed by atoms with van der Waals surface area (Å²) in [4.78, 5) is 16.6. The fourth-order valence-electron chi connectivity index (χ4n) is 2.51. The summed E-state index contributed by atoms with van der Waals surface area (Å²) in [6.45, 7) is 2.60. The fourth-order valence-corrected chi connectivity index (χ4v) is 3.77. The van der Waals surface area contributed by atoms with Crippen molar-refractivity contribution >= 4 is 68.1 Å². The van der Waals surface area contributed by atoms with Gasteiger partial charge in [-0.05, 0) is 86.9 Å². The van der Waals surface area contributed by atoms with E-state index in [1.165, 1.54) is 0 Å². The number of aliphatic imine (C=N–C) groups is 1. The molecule has 0 N–H and O–H groups in total. The van der Waals surface area contributed by atoms with E-state index in [2.05, 4.69) is 43.5 Å². The Kier molecular flexibility index (Phi) is 7.00. The molecular formula is C20H16BrClINO4. The van der Waals surface area contributed by atoms with Crippen LogP contribution in [0.5, 0.6) is 11.5 Å². The zero-order chi connectivity index (χ0) is 20.3. The first-order chi connectivity index (χ1) is 13.4. The second-order valence-corrected chi connectivity index (χ2v) is 8.35. The molecule has 0 fully saturated rings. The molecule has 1 heterocycles. The molecule has 0 aromatic heterocycles. The third kappa shape index (κ3) is 4.69. The Morgan fingerprint density at radius 2 is 2.11 bits per heavy atom. The van der Waals surface area contributed by atoms with Gasteiger partial charge in [0.1, 0.15) is 0 Å². The maximum Gasteiger partial charge on any atom is 0.363 e. The van der Waals surface area contributed by atoms with E-state index in [0.717, 1.165) is 20.0 Å². The summed E-state index contributed by atoms with van der Waals surface area (Å²) in [7, 11) is 1.57. The minimum Gasteiger partial charge on any atom is -0.493 e. The lowest BCUT2D eigenvalue weighted by atomic mass is 10.1. The summed E-state index contributed by atoms with van der Waals surface area (Å²) in [5.41, 5.74) is 1.48. The van der Waals surface area contributed by atoms with Crippen molar-refractivity contribution in [2.24, 2.45) is 4.99 Å². The van der Waals surface area contributed by atoms with Crippen LogP contribution in [0.2, 0.25) is 5.02 Å². The standard InChI is InChI=1S/C20H16BrClINO4/c1-3-6-27-18-14(21)7-11(9-17(18)26-2)8-16-20(25)28-19(24-16)13-10-12(23)4-5-15(13)22/h4-5,7-10H,3,6H2,1-2H3/b16-8-. The predicted molar refractivity (Wildman–Crippen MR) is 121 cm³/mol. The van der Waals surface area contributed by atoms with E-state index in [1.54, 1.807) is 25.3 Å². The highest BCUT2D eigenvalue weighted by Crippen LogP contribution is 2.37. The molecule has 0 atom stereocenters. The smallest absolute Gasteiger partial charge is 0.363 e. The summed E-state index contributed by atoms with van der Waals surface area (Å²) in [5, 5.41) is 0.468. The molecule has 0 unspecified atom stereocenters. The van der Waals surface area contributed by atoms with Gasteiger partial charge >= 0.3 is 5.97 Å². The number of carbonyl (C=O) groups is 1. The van der Waals surface area contributed by atoms with Crippen molar-refractivity contribution in [2.75, 3.05) is 13.7 Å². The minimum atomic E-state index is -0.536. The number of nitrogens with zero attached hydrogens (tertiary/aromatic N) is 1. The summed E-state index contributed by atoms with van der Waals surface area (Å²) in [6.07, 6.45) is 2.51. The lowest BCUT2D eigenvalue weighted by molar-refractivity contribution is -0.129. The lowest BCUT2D eigenvalue weighted by Gasteiger charge is -2.13. The van der Waals surface area contributed by atoms with E-state index in [9.17, 15) is 4.79 Å². The highest BCUT2D eigenvalue weighted by molar-refractivity contribution is 14.1. The molecular weight excluding hydrogens is 560 g/mol. The van der Waals surface area contributed by atoms with Crippen LogP contribution in [-0.4, -0.2) is 25.6 Å². The summed E-state index contributed by atoms with van der Waals surface area (Å²) in [5.74, 6) is 0.834. The number of carbonyl (C=O) groups excluding carboxylic acids is 1. The van der Waals surface area contributed by atoms with Crippen molar-refractivity contribution < 1.29 is 19.0 Å². The molecule has 8 heteroatoms. The van der Waals surface area contributed by atoms with Crippen LogP contribution in [0.3, 0.4) is 0 Å². The van der Waals surface area contributed by atoms with Gasteiger partial charge < -0.3 is 14.2 Å². The maximum atomic E-state index is 12.3. The number of benzene rings is 2. The maximum absolute atomic E-state index is 12.3. The predicted octanol–water partition coefficient (Wildman–Crippen LogP) is 5.85. The molecule has 0 saturated heterocycles. The molecule has 2 aromatic rings. The number of halogens is 3. The molecule has 0 aliphatic carbocycles. The first-order valence-corrected chi connectivity index (χ1v) is 10.7. The van der Waals surface area contributed by atoms with E-state index >= 15 is 0 Å². The molecule has 146 valence electrons. The molecule has 0 amide bonds. The van der Waals surface area contributed by atoms with Crippen LogP contribution >= 0.6 is 50.1 Å². The molecule has 0 spiro atoms. The Morgan fingerprint density at radius 1 is 1.32 bits per heavy atom. The molecule has 1 aliphatic rings. The van der Waals surface area contributed by atoms with Crippen molar-refractivity contribution in [2.45, 2.75) is 13.3 Å². The molecule has 5 nitrogen and oxygen atoms in total. The van der Waals surface area contributed by atoms with Crippen molar-refractivity contribution in [1.82, 2.24) is 0 Å². The fraction of sp³-hybridized carbons (Fsp3) is 0.200. The Labute approximate surface area is 190 Å². The third-order valence-electron chi connectivity index (χ3n) is 3.79. The van der Waals surface area contributed by atoms with Crippen LogP contribution in [0, 0.1) is 3.57 Å². The van der Waals surface area contributed by atoms with Gasteiger partial charge in [-0.1, -0.05) is 18.5 Å². The van der Waals surface area contributed by atoms with Gasteiger partial charge in [-0.25, -0.2) is 9.79 Å². The van der Waals surface area contributed by atoms with Crippen molar-refractivity contribution in [3.63, 3.8) is 0 Å². The number of methoxy groups -OCH3 is 1. The van der Waals surface area contributed by atoms with Crippen LogP contribution in [-0.2, 0) is 9.53 Å². The van der Waals surface area contributed by atoms with Crippen LogP contribution in [0.1, 0.15) is 24.5 Å². The van der Waals surface area contributed by atoms with E-state index in [-0.39, 0.29) is 11.6 Å². The Bertz CT molecular complexity index is 990. The molecule has 0 saturated carbocycles. The number of esters is 1. The summed E-state index contributed by atoms with van der Waals surface area (Å²) in [6, 6.07) is 9.04. The molecule has 1 aliphatic heterocycles. The first kappa shape index (κ1) is 21.1. The van der Waals surface area contributed by atoms with Crippen molar-refractivity contribution in [3.8, 4) is 11.5 Å². The topological polar surface area (TPSA) is 57.1 Å².